The molecule has 0 unspecified atom stereocenters. The van der Waals surface area contributed by atoms with Crippen molar-refractivity contribution in [2.45, 2.75) is 50.4 Å². The number of hydrogen-bond acceptors (Lipinski definition) is 7. The fourth-order valence-electron chi connectivity index (χ4n) is 3.96. The van der Waals surface area contributed by atoms with Crippen LogP contribution in [0.1, 0.15) is 32.6 Å². The molecule has 1 amide bonds. The Morgan fingerprint density at radius 2 is 2.30 bits per heavy atom. The highest BCUT2D eigenvalue weighted by molar-refractivity contribution is 8.13. The summed E-state index contributed by atoms with van der Waals surface area (Å²) in [4.78, 5) is 33.3. The largest absolute Gasteiger partial charge is 0.455 e. The predicted octanol–water partition coefficient (Wildman–Crippen LogP) is 1.99. The Labute approximate surface area is 162 Å². The normalized spacial score (nSPS) is 37.3. The van der Waals surface area contributed by atoms with Crippen LogP contribution >= 0.6 is 11.8 Å². The third kappa shape index (κ3) is 3.48. The summed E-state index contributed by atoms with van der Waals surface area (Å²) in [5.74, 6) is -0.298. The van der Waals surface area contributed by atoms with E-state index in [0.29, 0.717) is 36.5 Å². The fourth-order valence-corrected chi connectivity index (χ4v) is 4.33. The Balaban J connectivity index is 1.50. The van der Waals surface area contributed by atoms with Gasteiger partial charge in [0, 0.05) is 17.1 Å². The number of ether oxygens (including phenoxy) is 2. The van der Waals surface area contributed by atoms with Gasteiger partial charge >= 0.3 is 5.97 Å². The lowest BCUT2D eigenvalue weighted by Gasteiger charge is -2.19. The molecule has 0 aromatic rings. The van der Waals surface area contributed by atoms with Crippen molar-refractivity contribution in [1.82, 2.24) is 5.32 Å². The van der Waals surface area contributed by atoms with Gasteiger partial charge in [-0.1, -0.05) is 12.7 Å². The zero-order valence-corrected chi connectivity index (χ0v) is 16.3. The van der Waals surface area contributed by atoms with Crippen molar-refractivity contribution in [1.29, 1.82) is 0 Å². The third-order valence-corrected chi connectivity index (χ3v) is 6.38. The van der Waals surface area contributed by atoms with E-state index in [4.69, 9.17) is 9.47 Å². The first-order chi connectivity index (χ1) is 12.9. The minimum absolute atomic E-state index is 0.0818. The molecule has 4 aliphatic rings. The molecule has 3 aliphatic heterocycles. The Morgan fingerprint density at radius 3 is 3.04 bits per heavy atom. The van der Waals surface area contributed by atoms with Crippen LogP contribution in [-0.2, 0) is 19.1 Å². The van der Waals surface area contributed by atoms with E-state index in [1.807, 2.05) is 19.3 Å². The van der Waals surface area contributed by atoms with Gasteiger partial charge in [-0.15, -0.1) is 11.8 Å². The molecule has 2 saturated heterocycles. The molecule has 0 bridgehead atoms. The summed E-state index contributed by atoms with van der Waals surface area (Å²) < 4.78 is 11.4. The number of hydrogen-bond donors (Lipinski definition) is 1. The molecule has 0 aromatic heterocycles. The van der Waals surface area contributed by atoms with Gasteiger partial charge in [-0.2, -0.15) is 0 Å². The minimum Gasteiger partial charge on any atom is -0.455 e. The molecule has 3 heterocycles. The second kappa shape index (κ2) is 6.91. The van der Waals surface area contributed by atoms with Crippen molar-refractivity contribution in [3.05, 3.63) is 23.8 Å². The van der Waals surface area contributed by atoms with E-state index < -0.39 is 0 Å². The van der Waals surface area contributed by atoms with Crippen molar-refractivity contribution < 1.29 is 19.1 Å². The molecule has 7 nitrogen and oxygen atoms in total. The summed E-state index contributed by atoms with van der Waals surface area (Å²) >= 11 is 1.53. The van der Waals surface area contributed by atoms with Gasteiger partial charge in [0.1, 0.15) is 12.2 Å². The van der Waals surface area contributed by atoms with Crippen LogP contribution in [0, 0.1) is 5.92 Å². The maximum absolute atomic E-state index is 12.7. The number of fused-ring (bicyclic) bond motifs is 3. The van der Waals surface area contributed by atoms with Crippen LogP contribution in [0.15, 0.2) is 33.8 Å². The second-order valence-corrected chi connectivity index (χ2v) is 8.34. The number of thioether (sulfide) groups is 1. The quantitative estimate of drug-likeness (QED) is 0.421. The zero-order valence-electron chi connectivity index (χ0n) is 15.5. The number of carbonyl (C=O) groups is 2. The fraction of sp³-hybridized carbons (Fsp3) is 0.579. The van der Waals surface area contributed by atoms with Crippen LogP contribution < -0.4 is 5.32 Å². The van der Waals surface area contributed by atoms with E-state index in [-0.39, 0.29) is 35.6 Å². The maximum atomic E-state index is 12.7. The third-order valence-electron chi connectivity index (χ3n) is 5.69. The number of aliphatic imine (C=N–C) groups is 2. The Hall–Kier alpha value is -1.93. The van der Waals surface area contributed by atoms with Crippen molar-refractivity contribution in [2.24, 2.45) is 15.9 Å². The molecule has 27 heavy (non-hydrogen) atoms. The first-order valence-electron chi connectivity index (χ1n) is 9.15. The molecule has 8 heteroatoms. The number of carbonyl (C=O) groups excluding carboxylic acids is 2. The lowest BCUT2D eigenvalue weighted by Crippen LogP contribution is -2.32. The molecule has 2 fully saturated rings. The lowest BCUT2D eigenvalue weighted by atomic mass is 9.84. The molecule has 0 aromatic carbocycles. The standard InChI is InChI=1S/C19H23N3O4S/c1-10-12-7-6-11(16(23)22-18-20-9-13(21-18)27-3)5-4-8-19(2)15(26-19)14(12)25-17(10)24/h5,12,14-15H,1,4,6-9H2,2-3H3,(H,20,22,23)/b11-5+/t12-,14-,15-,19+/m0/s1. The predicted molar refractivity (Wildman–Crippen MR) is 104 cm³/mol. The maximum Gasteiger partial charge on any atom is 0.334 e. The second-order valence-electron chi connectivity index (χ2n) is 7.46. The highest BCUT2D eigenvalue weighted by Crippen LogP contribution is 2.49. The number of nitrogens with one attached hydrogen (secondary N) is 1. The van der Waals surface area contributed by atoms with Crippen LogP contribution in [0.25, 0.3) is 0 Å². The Morgan fingerprint density at radius 1 is 1.48 bits per heavy atom. The number of epoxide rings is 1. The molecule has 1 N–H and O–H groups in total. The van der Waals surface area contributed by atoms with Crippen molar-refractivity contribution in [3.63, 3.8) is 0 Å². The molecule has 4 atom stereocenters. The monoisotopic (exact) mass is 389 g/mol. The van der Waals surface area contributed by atoms with E-state index in [1.54, 1.807) is 0 Å². The van der Waals surface area contributed by atoms with Gasteiger partial charge in [-0.05, 0) is 38.9 Å². The summed E-state index contributed by atoms with van der Waals surface area (Å²) in [7, 11) is 0. The molecular weight excluding hydrogens is 366 g/mol. The average molecular weight is 389 g/mol. The average Bonchev–Trinajstić information content (AvgIpc) is 2.97. The number of amides is 1. The van der Waals surface area contributed by atoms with Gasteiger partial charge in [-0.25, -0.2) is 14.8 Å². The minimum atomic E-state index is -0.351. The lowest BCUT2D eigenvalue weighted by molar-refractivity contribution is -0.140. The number of guanidine groups is 1. The molecule has 0 spiro atoms. The molecule has 1 aliphatic carbocycles. The van der Waals surface area contributed by atoms with Crippen LogP contribution in [0.4, 0.5) is 0 Å². The van der Waals surface area contributed by atoms with E-state index in [1.165, 1.54) is 11.8 Å². The first-order valence-corrected chi connectivity index (χ1v) is 10.4. The van der Waals surface area contributed by atoms with Gasteiger partial charge < -0.3 is 9.47 Å². The molecule has 0 saturated carbocycles. The zero-order chi connectivity index (χ0) is 19.2. The van der Waals surface area contributed by atoms with Gasteiger partial charge in [0.25, 0.3) is 5.91 Å². The molecule has 0 radical (unpaired) electrons. The number of nitrogens with zero attached hydrogens (tertiary/aromatic N) is 2. The van der Waals surface area contributed by atoms with Gasteiger partial charge in [-0.3, -0.25) is 10.1 Å². The van der Waals surface area contributed by atoms with E-state index in [9.17, 15) is 9.59 Å². The van der Waals surface area contributed by atoms with Gasteiger partial charge in [0.15, 0.2) is 0 Å². The Bertz CT molecular complexity index is 803. The van der Waals surface area contributed by atoms with Crippen molar-refractivity contribution in [2.75, 3.05) is 12.8 Å². The Kier molecular flexibility index (Phi) is 4.71. The summed E-state index contributed by atoms with van der Waals surface area (Å²) in [6.45, 7) is 6.45. The molecular formula is C19H23N3O4S. The number of rotatable bonds is 1. The highest BCUT2D eigenvalue weighted by atomic mass is 32.2. The summed E-state index contributed by atoms with van der Waals surface area (Å²) in [6, 6.07) is 0. The highest BCUT2D eigenvalue weighted by Gasteiger charge is 2.61. The molecule has 144 valence electrons. The van der Waals surface area contributed by atoms with Gasteiger partial charge in [0.2, 0.25) is 5.96 Å². The topological polar surface area (TPSA) is 92.7 Å². The summed E-state index contributed by atoms with van der Waals surface area (Å²) in [5.41, 5.74) is 0.850. The SMILES string of the molecule is C=C1C(=O)O[C@H]2[C@H]1CC/C(C(=O)NC1=NCC(SC)=N1)=C\CC[C@@]1(C)O[C@@H]21. The smallest absolute Gasteiger partial charge is 0.334 e. The first kappa shape index (κ1) is 18.4. The van der Waals surface area contributed by atoms with Crippen LogP contribution in [-0.4, -0.2) is 53.5 Å². The van der Waals surface area contributed by atoms with Gasteiger partial charge in [0.05, 0.1) is 17.2 Å². The van der Waals surface area contributed by atoms with Crippen molar-refractivity contribution in [3.8, 4) is 0 Å². The summed E-state index contributed by atoms with van der Waals surface area (Å²) in [6.07, 6.45) is 6.19. The number of esters is 1. The summed E-state index contributed by atoms with van der Waals surface area (Å²) in [5, 5.41) is 3.68. The van der Waals surface area contributed by atoms with E-state index in [2.05, 4.69) is 21.9 Å². The van der Waals surface area contributed by atoms with Crippen LogP contribution in [0.3, 0.4) is 0 Å². The van der Waals surface area contributed by atoms with Crippen LogP contribution in [0.5, 0.6) is 0 Å². The van der Waals surface area contributed by atoms with Crippen LogP contribution in [0.2, 0.25) is 0 Å². The van der Waals surface area contributed by atoms with E-state index in [0.717, 1.165) is 17.9 Å². The molecule has 4 rings (SSSR count). The van der Waals surface area contributed by atoms with E-state index >= 15 is 0 Å². The number of allylic oxidation sites excluding steroid dienone is 1. The van der Waals surface area contributed by atoms with Crippen molar-refractivity contribution >= 4 is 34.6 Å².